The maximum atomic E-state index is 13.1. The average Bonchev–Trinajstić information content (AvgIpc) is 3.00. The van der Waals surface area contributed by atoms with Crippen LogP contribution in [0, 0.1) is 5.41 Å². The molecule has 2 aliphatic rings. The Kier molecular flexibility index (Phi) is 4.56. The zero-order valence-corrected chi connectivity index (χ0v) is 16.3. The van der Waals surface area contributed by atoms with E-state index in [1.165, 1.54) is 0 Å². The normalized spacial score (nSPS) is 20.9. The fourth-order valence-electron chi connectivity index (χ4n) is 3.95. The maximum Gasteiger partial charge on any atom is 0.226 e. The number of nitrogens with one attached hydrogen (secondary N) is 1. The van der Waals surface area contributed by atoms with Gasteiger partial charge in [-0.15, -0.1) is 0 Å². The minimum atomic E-state index is -0.313. The smallest absolute Gasteiger partial charge is 0.226 e. The van der Waals surface area contributed by atoms with E-state index in [-0.39, 0.29) is 23.8 Å². The van der Waals surface area contributed by atoms with Gasteiger partial charge in [0.2, 0.25) is 5.95 Å². The first-order chi connectivity index (χ1) is 12.9. The second-order valence-electron chi connectivity index (χ2n) is 8.04. The Bertz CT molecular complexity index is 915. The molecule has 1 unspecified atom stereocenters. The summed E-state index contributed by atoms with van der Waals surface area (Å²) in [5, 5.41) is 17.8. The number of rotatable bonds is 4. The molecule has 0 spiro atoms. The fraction of sp³-hybridized carbons (Fsp3) is 0.450. The summed E-state index contributed by atoms with van der Waals surface area (Å²) in [6, 6.07) is 7.23. The second kappa shape index (κ2) is 6.77. The van der Waals surface area contributed by atoms with Crippen molar-refractivity contribution in [3.05, 3.63) is 51.9 Å². The largest absolute Gasteiger partial charge is 0.396 e. The Hall–Kier alpha value is -2.18. The Morgan fingerprint density at radius 3 is 2.74 bits per heavy atom. The number of carbonyl (C=O) groups is 1. The van der Waals surface area contributed by atoms with Crippen molar-refractivity contribution in [1.29, 1.82) is 0 Å². The summed E-state index contributed by atoms with van der Waals surface area (Å²) in [4.78, 5) is 17.7. The summed E-state index contributed by atoms with van der Waals surface area (Å²) >= 11 is 6.07. The zero-order chi connectivity index (χ0) is 19.2. The average molecular weight is 387 g/mol. The molecule has 2 N–H and O–H groups in total. The van der Waals surface area contributed by atoms with Crippen molar-refractivity contribution < 1.29 is 9.90 Å². The number of hydrogen-bond donors (Lipinski definition) is 2. The van der Waals surface area contributed by atoms with E-state index >= 15 is 0 Å². The predicted molar refractivity (Wildman–Crippen MR) is 104 cm³/mol. The van der Waals surface area contributed by atoms with Crippen LogP contribution in [0.1, 0.15) is 50.5 Å². The number of aryl methyl sites for hydroxylation is 1. The number of halogens is 1. The first-order valence-corrected chi connectivity index (χ1v) is 9.61. The number of nitrogens with zero attached hydrogens (tertiary/aromatic N) is 3. The number of aromatic nitrogens is 3. The highest BCUT2D eigenvalue weighted by atomic mass is 35.5. The van der Waals surface area contributed by atoms with Gasteiger partial charge in [-0.1, -0.05) is 37.6 Å². The summed E-state index contributed by atoms with van der Waals surface area (Å²) in [7, 11) is 0. The Morgan fingerprint density at radius 1 is 1.30 bits per heavy atom. The van der Waals surface area contributed by atoms with Crippen LogP contribution in [0.5, 0.6) is 0 Å². The molecule has 1 atom stereocenters. The molecule has 0 saturated heterocycles. The molecule has 4 rings (SSSR count). The third-order valence-corrected chi connectivity index (χ3v) is 5.37. The van der Waals surface area contributed by atoms with Gasteiger partial charge in [-0.3, -0.25) is 4.79 Å². The van der Waals surface area contributed by atoms with Crippen LogP contribution in [0.25, 0.3) is 0 Å². The van der Waals surface area contributed by atoms with Crippen LogP contribution in [0.15, 0.2) is 35.5 Å². The van der Waals surface area contributed by atoms with E-state index in [4.69, 9.17) is 16.7 Å². The van der Waals surface area contributed by atoms with Crippen LogP contribution in [-0.2, 0) is 11.2 Å². The van der Waals surface area contributed by atoms with Crippen molar-refractivity contribution in [3.8, 4) is 0 Å². The number of anilines is 1. The number of hydrogen-bond acceptors (Lipinski definition) is 5. The van der Waals surface area contributed by atoms with E-state index in [0.29, 0.717) is 36.1 Å². The molecule has 0 bridgehead atoms. The highest BCUT2D eigenvalue weighted by Crippen LogP contribution is 2.45. The van der Waals surface area contributed by atoms with Crippen molar-refractivity contribution in [2.24, 2.45) is 5.41 Å². The molecule has 2 aromatic rings. The van der Waals surface area contributed by atoms with Crippen molar-refractivity contribution >= 4 is 23.3 Å². The third-order valence-electron chi connectivity index (χ3n) is 5.12. The lowest BCUT2D eigenvalue weighted by Crippen LogP contribution is -2.36. The molecule has 1 aliphatic heterocycles. The van der Waals surface area contributed by atoms with Crippen LogP contribution in [0.4, 0.5) is 5.95 Å². The molecule has 0 saturated carbocycles. The van der Waals surface area contributed by atoms with Gasteiger partial charge in [0.15, 0.2) is 11.6 Å². The standard InChI is InChI=1S/C20H23ClN4O2/c1-20(2)10-14-17(15(27)11-20)18(12-5-7-13(21)8-6-12)25-19(22-14)23-16(24-25)4-3-9-26/h5-8,18,26H,3-4,9-11H2,1-2H3,(H,22,23,24). The lowest BCUT2D eigenvalue weighted by molar-refractivity contribution is -0.118. The van der Waals surface area contributed by atoms with Gasteiger partial charge in [0.25, 0.3) is 0 Å². The molecule has 2 heterocycles. The lowest BCUT2D eigenvalue weighted by atomic mass is 9.73. The first kappa shape index (κ1) is 18.2. The molecule has 1 aromatic heterocycles. The van der Waals surface area contributed by atoms with Crippen molar-refractivity contribution in [2.75, 3.05) is 11.9 Å². The summed E-state index contributed by atoms with van der Waals surface area (Å²) in [6.07, 6.45) is 2.50. The quantitative estimate of drug-likeness (QED) is 0.840. The summed E-state index contributed by atoms with van der Waals surface area (Å²) < 4.78 is 1.80. The number of aliphatic hydroxyl groups is 1. The molecule has 6 nitrogen and oxygen atoms in total. The molecule has 27 heavy (non-hydrogen) atoms. The molecule has 0 fully saturated rings. The third kappa shape index (κ3) is 3.39. The molecule has 7 heteroatoms. The van der Waals surface area contributed by atoms with E-state index in [2.05, 4.69) is 29.2 Å². The Morgan fingerprint density at radius 2 is 2.04 bits per heavy atom. The Labute approximate surface area is 163 Å². The minimum Gasteiger partial charge on any atom is -0.396 e. The van der Waals surface area contributed by atoms with Gasteiger partial charge >= 0.3 is 0 Å². The predicted octanol–water partition coefficient (Wildman–Crippen LogP) is 3.51. The van der Waals surface area contributed by atoms with Crippen molar-refractivity contribution in [2.45, 2.75) is 45.6 Å². The van der Waals surface area contributed by atoms with Gasteiger partial charge in [-0.2, -0.15) is 10.1 Å². The van der Waals surface area contributed by atoms with E-state index in [1.54, 1.807) is 4.68 Å². The molecule has 0 radical (unpaired) electrons. The van der Waals surface area contributed by atoms with E-state index in [1.807, 2.05) is 24.3 Å². The van der Waals surface area contributed by atoms with Gasteiger partial charge in [0.05, 0.1) is 0 Å². The van der Waals surface area contributed by atoms with Gasteiger partial charge < -0.3 is 10.4 Å². The fourth-order valence-corrected chi connectivity index (χ4v) is 4.08. The molecule has 0 amide bonds. The number of allylic oxidation sites excluding steroid dienone is 2. The Balaban J connectivity index is 1.83. The highest BCUT2D eigenvalue weighted by molar-refractivity contribution is 6.30. The van der Waals surface area contributed by atoms with Gasteiger partial charge in [-0.25, -0.2) is 4.68 Å². The van der Waals surface area contributed by atoms with E-state index < -0.39 is 0 Å². The number of fused-ring (bicyclic) bond motifs is 1. The van der Waals surface area contributed by atoms with Crippen molar-refractivity contribution in [3.63, 3.8) is 0 Å². The molecular weight excluding hydrogens is 364 g/mol. The van der Waals surface area contributed by atoms with Crippen LogP contribution in [0.2, 0.25) is 5.02 Å². The summed E-state index contributed by atoms with van der Waals surface area (Å²) in [5.74, 6) is 1.45. The van der Waals surface area contributed by atoms with Crippen LogP contribution < -0.4 is 5.32 Å². The molecule has 142 valence electrons. The molecular formula is C20H23ClN4O2. The summed E-state index contributed by atoms with van der Waals surface area (Å²) in [5.41, 5.74) is 2.57. The van der Waals surface area contributed by atoms with Gasteiger partial charge in [0.1, 0.15) is 6.04 Å². The first-order valence-electron chi connectivity index (χ1n) is 9.23. The zero-order valence-electron chi connectivity index (χ0n) is 15.5. The summed E-state index contributed by atoms with van der Waals surface area (Å²) in [6.45, 7) is 4.32. The van der Waals surface area contributed by atoms with Crippen LogP contribution in [0.3, 0.4) is 0 Å². The van der Waals surface area contributed by atoms with Gasteiger partial charge in [-0.05, 0) is 36.0 Å². The number of benzene rings is 1. The van der Waals surface area contributed by atoms with E-state index in [9.17, 15) is 4.79 Å². The number of ketones is 1. The van der Waals surface area contributed by atoms with Crippen molar-refractivity contribution in [1.82, 2.24) is 14.8 Å². The second-order valence-corrected chi connectivity index (χ2v) is 8.47. The minimum absolute atomic E-state index is 0.0879. The molecule has 1 aliphatic carbocycles. The van der Waals surface area contributed by atoms with Crippen LogP contribution >= 0.6 is 11.6 Å². The number of Topliss-reactive ketones (excluding diaryl/α,β-unsaturated/α-hetero) is 1. The monoisotopic (exact) mass is 386 g/mol. The lowest BCUT2D eigenvalue weighted by Gasteiger charge is -2.38. The highest BCUT2D eigenvalue weighted by Gasteiger charge is 2.41. The van der Waals surface area contributed by atoms with Crippen LogP contribution in [-0.4, -0.2) is 32.3 Å². The van der Waals surface area contributed by atoms with Gasteiger partial charge in [0, 0.05) is 35.7 Å². The number of aliphatic hydroxyl groups excluding tert-OH is 1. The maximum absolute atomic E-state index is 13.1. The van der Waals surface area contributed by atoms with E-state index in [0.717, 1.165) is 23.3 Å². The number of carbonyl (C=O) groups excluding carboxylic acids is 1. The topological polar surface area (TPSA) is 80.0 Å². The SMILES string of the molecule is CC1(C)CC(=O)C2=C(C1)Nc1nc(CCCO)nn1C2c1ccc(Cl)cc1. The molecule has 1 aromatic carbocycles.